The Hall–Kier alpha value is -4.59. The third-order valence-corrected chi connectivity index (χ3v) is 5.45. The number of rotatable bonds is 13. The van der Waals surface area contributed by atoms with Gasteiger partial charge in [0.05, 0.1) is 31.5 Å². The van der Waals surface area contributed by atoms with E-state index in [0.29, 0.717) is 42.3 Å². The Labute approximate surface area is 221 Å². The molecule has 0 saturated carbocycles. The number of ether oxygens (including phenoxy) is 5. The number of unbranched alkanes of at least 4 members (excludes halogenated alkanes) is 1. The van der Waals surface area contributed by atoms with Gasteiger partial charge in [0, 0.05) is 6.08 Å². The fourth-order valence-electron chi connectivity index (χ4n) is 3.32. The van der Waals surface area contributed by atoms with Crippen LogP contribution in [-0.2, 0) is 16.0 Å². The Morgan fingerprint density at radius 2 is 1.34 bits per heavy atom. The second-order valence-corrected chi connectivity index (χ2v) is 8.09. The molecule has 0 bridgehead atoms. The molecule has 0 aliphatic carbocycles. The summed E-state index contributed by atoms with van der Waals surface area (Å²) >= 11 is 0. The lowest BCUT2D eigenvalue weighted by Gasteiger charge is -2.12. The van der Waals surface area contributed by atoms with Gasteiger partial charge in [-0.05, 0) is 79.4 Å². The number of carbonyl (C=O) groups excluding carboxylic acids is 3. The van der Waals surface area contributed by atoms with Gasteiger partial charge in [-0.25, -0.2) is 14.4 Å². The second-order valence-electron chi connectivity index (χ2n) is 8.09. The van der Waals surface area contributed by atoms with Crippen LogP contribution in [0.25, 0.3) is 0 Å². The van der Waals surface area contributed by atoms with E-state index in [2.05, 4.69) is 6.58 Å². The summed E-state index contributed by atoms with van der Waals surface area (Å²) in [6.45, 7) is 6.05. The maximum absolute atomic E-state index is 12.7. The van der Waals surface area contributed by atoms with Crippen LogP contribution in [0.15, 0.2) is 79.4 Å². The lowest BCUT2D eigenvalue weighted by Crippen LogP contribution is -2.11. The van der Waals surface area contributed by atoms with Crippen molar-refractivity contribution in [1.29, 1.82) is 0 Å². The molecule has 0 amide bonds. The number of hydrogen-bond acceptors (Lipinski definition) is 8. The average Bonchev–Trinajstić information content (AvgIpc) is 2.95. The van der Waals surface area contributed by atoms with Crippen molar-refractivity contribution in [2.45, 2.75) is 26.2 Å². The van der Waals surface area contributed by atoms with Crippen LogP contribution in [0.2, 0.25) is 0 Å². The summed E-state index contributed by atoms with van der Waals surface area (Å²) in [4.78, 5) is 36.1. The quantitative estimate of drug-likeness (QED) is 0.125. The minimum atomic E-state index is -0.592. The van der Waals surface area contributed by atoms with Gasteiger partial charge in [-0.3, -0.25) is 0 Å². The van der Waals surface area contributed by atoms with Crippen LogP contribution in [0, 0.1) is 0 Å². The summed E-state index contributed by atoms with van der Waals surface area (Å²) in [5.74, 6) is 0.0211. The van der Waals surface area contributed by atoms with Gasteiger partial charge in [-0.1, -0.05) is 25.6 Å². The van der Waals surface area contributed by atoms with E-state index in [1.165, 1.54) is 37.4 Å². The van der Waals surface area contributed by atoms with Crippen LogP contribution in [0.1, 0.15) is 46.0 Å². The molecule has 198 valence electrons. The molecule has 8 heteroatoms. The Bertz CT molecular complexity index is 1250. The summed E-state index contributed by atoms with van der Waals surface area (Å²) in [6.07, 6.45) is 3.31. The van der Waals surface area contributed by atoms with E-state index in [0.717, 1.165) is 18.1 Å². The van der Waals surface area contributed by atoms with Gasteiger partial charge in [0.25, 0.3) is 0 Å². The third-order valence-electron chi connectivity index (χ3n) is 5.45. The summed E-state index contributed by atoms with van der Waals surface area (Å²) in [7, 11) is 1.47. The Morgan fingerprint density at radius 3 is 1.95 bits per heavy atom. The Morgan fingerprint density at radius 1 is 0.763 bits per heavy atom. The van der Waals surface area contributed by atoms with Gasteiger partial charge in [0.2, 0.25) is 0 Å². The van der Waals surface area contributed by atoms with Crippen LogP contribution < -0.4 is 18.9 Å². The lowest BCUT2D eigenvalue weighted by atomic mass is 10.2. The van der Waals surface area contributed by atoms with E-state index < -0.39 is 17.9 Å². The molecule has 8 nitrogen and oxygen atoms in total. The second kappa shape index (κ2) is 14.2. The summed E-state index contributed by atoms with van der Waals surface area (Å²) in [6, 6.07) is 18.1. The highest BCUT2D eigenvalue weighted by atomic mass is 16.5. The first-order valence-corrected chi connectivity index (χ1v) is 12.2. The molecule has 0 aliphatic heterocycles. The monoisotopic (exact) mass is 518 g/mol. The van der Waals surface area contributed by atoms with Crippen molar-refractivity contribution < 1.29 is 38.1 Å². The maximum Gasteiger partial charge on any atom is 0.343 e. The van der Waals surface area contributed by atoms with Gasteiger partial charge in [-0.15, -0.1) is 0 Å². The average molecular weight is 519 g/mol. The minimum Gasteiger partial charge on any atom is -0.493 e. The van der Waals surface area contributed by atoms with Crippen LogP contribution in [0.3, 0.4) is 0 Å². The molecule has 0 spiro atoms. The van der Waals surface area contributed by atoms with Crippen molar-refractivity contribution in [3.8, 4) is 23.0 Å². The van der Waals surface area contributed by atoms with E-state index in [-0.39, 0.29) is 17.9 Å². The lowest BCUT2D eigenvalue weighted by molar-refractivity contribution is -0.137. The normalized spacial score (nSPS) is 10.3. The Balaban J connectivity index is 1.52. The van der Waals surface area contributed by atoms with E-state index >= 15 is 0 Å². The number of esters is 3. The molecule has 38 heavy (non-hydrogen) atoms. The van der Waals surface area contributed by atoms with Crippen LogP contribution >= 0.6 is 0 Å². The van der Waals surface area contributed by atoms with Gasteiger partial charge in [-0.2, -0.15) is 0 Å². The van der Waals surface area contributed by atoms with E-state index in [1.54, 1.807) is 24.3 Å². The van der Waals surface area contributed by atoms with Gasteiger partial charge in [0.1, 0.15) is 11.5 Å². The van der Waals surface area contributed by atoms with Crippen molar-refractivity contribution in [2.24, 2.45) is 0 Å². The molecule has 0 unspecified atom stereocenters. The molecule has 0 aliphatic rings. The van der Waals surface area contributed by atoms with Crippen LogP contribution in [0.4, 0.5) is 0 Å². The standard InChI is InChI=1S/C30H30O8/c1-4-21-8-13-24(14-9-21)37-29(32)22-10-15-25(16-11-22)38-30(33)23-12-17-26(27(20-23)34-3)35-18-6-7-19-36-28(31)5-2/h5,8-17,20H,2,4,6-7,18-19H2,1,3H3. The van der Waals surface area contributed by atoms with Gasteiger partial charge >= 0.3 is 17.9 Å². The third kappa shape index (κ3) is 8.23. The predicted octanol–water partition coefficient (Wildman–Crippen LogP) is 5.58. The van der Waals surface area contributed by atoms with Gasteiger partial charge < -0.3 is 23.7 Å². The molecular formula is C30H30O8. The van der Waals surface area contributed by atoms with Crippen molar-refractivity contribution >= 4 is 17.9 Å². The molecule has 0 fully saturated rings. The number of methoxy groups -OCH3 is 1. The molecule has 0 atom stereocenters. The molecular weight excluding hydrogens is 488 g/mol. The summed E-state index contributed by atoms with van der Waals surface area (Å²) in [5, 5.41) is 0. The molecule has 3 aromatic rings. The molecule has 0 N–H and O–H groups in total. The SMILES string of the molecule is C=CC(=O)OCCCCOc1ccc(C(=O)Oc2ccc(C(=O)Oc3ccc(CC)cc3)cc2)cc1OC. The summed E-state index contributed by atoms with van der Waals surface area (Å²) in [5.41, 5.74) is 1.74. The number of carbonyl (C=O) groups is 3. The maximum atomic E-state index is 12.7. The highest BCUT2D eigenvalue weighted by molar-refractivity contribution is 5.93. The van der Waals surface area contributed by atoms with Crippen molar-refractivity contribution in [3.63, 3.8) is 0 Å². The first-order chi connectivity index (χ1) is 18.4. The molecule has 3 aromatic carbocycles. The van der Waals surface area contributed by atoms with E-state index in [4.69, 9.17) is 23.7 Å². The van der Waals surface area contributed by atoms with Crippen molar-refractivity contribution in [1.82, 2.24) is 0 Å². The minimum absolute atomic E-state index is 0.268. The van der Waals surface area contributed by atoms with E-state index in [9.17, 15) is 14.4 Å². The molecule has 0 saturated heterocycles. The molecule has 3 rings (SSSR count). The predicted molar refractivity (Wildman–Crippen MR) is 141 cm³/mol. The first kappa shape index (κ1) is 28.0. The molecule has 0 aromatic heterocycles. The number of aryl methyl sites for hydroxylation is 1. The van der Waals surface area contributed by atoms with Gasteiger partial charge in [0.15, 0.2) is 11.5 Å². The fraction of sp³-hybridized carbons (Fsp3) is 0.233. The highest BCUT2D eigenvalue weighted by Crippen LogP contribution is 2.29. The zero-order chi connectivity index (χ0) is 27.3. The number of hydrogen-bond donors (Lipinski definition) is 0. The fourth-order valence-corrected chi connectivity index (χ4v) is 3.32. The smallest absolute Gasteiger partial charge is 0.343 e. The van der Waals surface area contributed by atoms with Crippen molar-refractivity contribution in [3.05, 3.63) is 96.1 Å². The zero-order valence-electron chi connectivity index (χ0n) is 21.4. The Kier molecular flexibility index (Phi) is 10.5. The topological polar surface area (TPSA) is 97.4 Å². The molecule has 0 radical (unpaired) electrons. The highest BCUT2D eigenvalue weighted by Gasteiger charge is 2.15. The largest absolute Gasteiger partial charge is 0.493 e. The zero-order valence-corrected chi connectivity index (χ0v) is 21.4. The molecule has 0 heterocycles. The number of benzene rings is 3. The van der Waals surface area contributed by atoms with E-state index in [1.807, 2.05) is 19.1 Å². The first-order valence-electron chi connectivity index (χ1n) is 12.2. The van der Waals surface area contributed by atoms with Crippen molar-refractivity contribution in [2.75, 3.05) is 20.3 Å². The van der Waals surface area contributed by atoms with Crippen LogP contribution in [0.5, 0.6) is 23.0 Å². The van der Waals surface area contributed by atoms with Crippen LogP contribution in [-0.4, -0.2) is 38.2 Å². The summed E-state index contributed by atoms with van der Waals surface area (Å²) < 4.78 is 26.8.